The van der Waals surface area contributed by atoms with Gasteiger partial charge in [0.1, 0.15) is 43.4 Å². The van der Waals surface area contributed by atoms with Crippen LogP contribution in [0.3, 0.4) is 0 Å². The maximum Gasteiger partial charge on any atom is 0.145 e. The highest BCUT2D eigenvalue weighted by molar-refractivity contribution is 5.33. The standard InChI is InChI=1S/C22H36O7/c1-2-3-4-5-6-7-10-17-11-8-9-12-19(17)26-13-14-28-29-20(15-23)22-21(25)18(24)16-27-22/h8-9,11-12,18,20-25H,2-7,10,13-16H2,1H3/t18-,20+,21+,22+/m0/s1. The largest absolute Gasteiger partial charge is 0.491 e. The lowest BCUT2D eigenvalue weighted by Gasteiger charge is -2.22. The number of para-hydroxylation sites is 1. The lowest BCUT2D eigenvalue weighted by atomic mass is 10.0. The van der Waals surface area contributed by atoms with Gasteiger partial charge in [0.05, 0.1) is 13.2 Å². The first-order valence-corrected chi connectivity index (χ1v) is 10.7. The van der Waals surface area contributed by atoms with Gasteiger partial charge < -0.3 is 24.8 Å². The van der Waals surface area contributed by atoms with Crippen molar-refractivity contribution >= 4 is 0 Å². The molecule has 1 heterocycles. The Bertz CT molecular complexity index is 554. The van der Waals surface area contributed by atoms with Crippen LogP contribution in [0.1, 0.15) is 51.0 Å². The van der Waals surface area contributed by atoms with Gasteiger partial charge in [-0.3, -0.25) is 0 Å². The Morgan fingerprint density at radius 2 is 1.83 bits per heavy atom. The van der Waals surface area contributed by atoms with Gasteiger partial charge in [0.25, 0.3) is 0 Å². The number of hydrogen-bond donors (Lipinski definition) is 3. The van der Waals surface area contributed by atoms with Crippen LogP contribution in [0.4, 0.5) is 0 Å². The van der Waals surface area contributed by atoms with E-state index in [2.05, 4.69) is 13.0 Å². The first-order chi connectivity index (χ1) is 14.2. The summed E-state index contributed by atoms with van der Waals surface area (Å²) in [5.41, 5.74) is 1.19. The molecule has 7 heteroatoms. The molecule has 3 N–H and O–H groups in total. The minimum absolute atomic E-state index is 0.00416. The number of ether oxygens (including phenoxy) is 2. The molecule has 7 nitrogen and oxygen atoms in total. The lowest BCUT2D eigenvalue weighted by molar-refractivity contribution is -0.347. The Morgan fingerprint density at radius 1 is 1.07 bits per heavy atom. The van der Waals surface area contributed by atoms with Crippen LogP contribution in [0, 0.1) is 0 Å². The van der Waals surface area contributed by atoms with E-state index < -0.39 is 31.0 Å². The van der Waals surface area contributed by atoms with Crippen molar-refractivity contribution in [3.05, 3.63) is 29.8 Å². The molecule has 0 amide bonds. The van der Waals surface area contributed by atoms with Crippen molar-refractivity contribution < 1.29 is 34.6 Å². The third-order valence-corrected chi connectivity index (χ3v) is 5.12. The fraction of sp³-hybridized carbons (Fsp3) is 0.727. The maximum absolute atomic E-state index is 9.83. The highest BCUT2D eigenvalue weighted by Crippen LogP contribution is 2.22. The molecule has 1 aliphatic heterocycles. The van der Waals surface area contributed by atoms with Crippen molar-refractivity contribution in [2.45, 2.75) is 76.3 Å². The van der Waals surface area contributed by atoms with Crippen molar-refractivity contribution in [1.29, 1.82) is 0 Å². The van der Waals surface area contributed by atoms with Gasteiger partial charge in [0.15, 0.2) is 0 Å². The number of aliphatic hydroxyl groups excluding tert-OH is 3. The summed E-state index contributed by atoms with van der Waals surface area (Å²) in [6, 6.07) is 8.01. The molecule has 0 aliphatic carbocycles. The molecule has 0 saturated carbocycles. The van der Waals surface area contributed by atoms with E-state index in [4.69, 9.17) is 19.2 Å². The van der Waals surface area contributed by atoms with E-state index in [9.17, 15) is 15.3 Å². The zero-order chi connectivity index (χ0) is 20.9. The van der Waals surface area contributed by atoms with Crippen LogP contribution in [0.25, 0.3) is 0 Å². The van der Waals surface area contributed by atoms with Gasteiger partial charge in [0, 0.05) is 0 Å². The maximum atomic E-state index is 9.83. The van der Waals surface area contributed by atoms with Crippen LogP contribution in [0.15, 0.2) is 24.3 Å². The van der Waals surface area contributed by atoms with E-state index in [1.165, 1.54) is 37.7 Å². The Morgan fingerprint density at radius 3 is 2.55 bits per heavy atom. The monoisotopic (exact) mass is 412 g/mol. The minimum Gasteiger partial charge on any atom is -0.491 e. The summed E-state index contributed by atoms with van der Waals surface area (Å²) in [7, 11) is 0. The van der Waals surface area contributed by atoms with Crippen molar-refractivity contribution in [2.75, 3.05) is 26.4 Å². The summed E-state index contributed by atoms with van der Waals surface area (Å²) in [6.07, 6.45) is 4.75. The molecule has 1 saturated heterocycles. The third kappa shape index (κ3) is 8.20. The van der Waals surface area contributed by atoms with Crippen molar-refractivity contribution in [3.8, 4) is 5.75 Å². The average Bonchev–Trinajstić information content (AvgIpc) is 3.07. The van der Waals surface area contributed by atoms with Crippen LogP contribution in [-0.2, 0) is 20.9 Å². The predicted molar refractivity (Wildman–Crippen MR) is 109 cm³/mol. The molecular weight excluding hydrogens is 376 g/mol. The second kappa shape index (κ2) is 13.9. The number of aryl methyl sites for hydroxylation is 1. The fourth-order valence-corrected chi connectivity index (χ4v) is 3.41. The first kappa shape index (κ1) is 24.1. The molecule has 0 aromatic heterocycles. The highest BCUT2D eigenvalue weighted by Gasteiger charge is 2.40. The summed E-state index contributed by atoms with van der Waals surface area (Å²) < 4.78 is 11.1. The van der Waals surface area contributed by atoms with Crippen LogP contribution >= 0.6 is 0 Å². The zero-order valence-electron chi connectivity index (χ0n) is 17.4. The van der Waals surface area contributed by atoms with E-state index in [0.29, 0.717) is 6.61 Å². The predicted octanol–water partition coefficient (Wildman–Crippen LogP) is 2.40. The van der Waals surface area contributed by atoms with E-state index in [-0.39, 0.29) is 13.2 Å². The van der Waals surface area contributed by atoms with E-state index in [1.54, 1.807) is 0 Å². The summed E-state index contributed by atoms with van der Waals surface area (Å²) in [5, 5.41) is 28.7. The lowest BCUT2D eigenvalue weighted by Crippen LogP contribution is -2.42. The van der Waals surface area contributed by atoms with Gasteiger partial charge in [-0.2, -0.15) is 0 Å². The Balaban J connectivity index is 1.65. The zero-order valence-corrected chi connectivity index (χ0v) is 17.4. The molecule has 2 rings (SSSR count). The van der Waals surface area contributed by atoms with Crippen LogP contribution in [0.5, 0.6) is 5.75 Å². The Kier molecular flexibility index (Phi) is 11.5. The summed E-state index contributed by atoms with van der Waals surface area (Å²) >= 11 is 0. The normalized spacial score (nSPS) is 22.7. The van der Waals surface area contributed by atoms with Crippen molar-refractivity contribution in [3.63, 3.8) is 0 Å². The molecule has 166 valence electrons. The fourth-order valence-electron chi connectivity index (χ4n) is 3.41. The van der Waals surface area contributed by atoms with Gasteiger partial charge in [-0.1, -0.05) is 57.2 Å². The molecular formula is C22H36O7. The van der Waals surface area contributed by atoms with Crippen LogP contribution in [-0.4, -0.2) is 66.2 Å². The van der Waals surface area contributed by atoms with E-state index in [0.717, 1.165) is 18.6 Å². The molecule has 1 aromatic rings. The first-order valence-electron chi connectivity index (χ1n) is 10.7. The molecule has 1 fully saturated rings. The van der Waals surface area contributed by atoms with E-state index >= 15 is 0 Å². The van der Waals surface area contributed by atoms with Gasteiger partial charge >= 0.3 is 0 Å². The molecule has 1 aliphatic rings. The van der Waals surface area contributed by atoms with Crippen molar-refractivity contribution in [2.24, 2.45) is 0 Å². The molecule has 0 bridgehead atoms. The van der Waals surface area contributed by atoms with Gasteiger partial charge in [-0.05, 0) is 24.5 Å². The molecule has 0 spiro atoms. The Hall–Kier alpha value is -1.22. The second-order valence-electron chi connectivity index (χ2n) is 7.47. The SMILES string of the molecule is CCCCCCCCc1ccccc1OCCOO[C@H](CO)[C@H]1OC[C@H](O)[C@H]1O. The van der Waals surface area contributed by atoms with E-state index in [1.807, 2.05) is 18.2 Å². The second-order valence-corrected chi connectivity index (χ2v) is 7.47. The molecule has 0 unspecified atom stereocenters. The van der Waals surface area contributed by atoms with Crippen LogP contribution in [0.2, 0.25) is 0 Å². The molecule has 0 radical (unpaired) electrons. The number of aliphatic hydroxyl groups is 3. The molecule has 29 heavy (non-hydrogen) atoms. The number of benzene rings is 1. The highest BCUT2D eigenvalue weighted by atomic mass is 17.2. The summed E-state index contributed by atoms with van der Waals surface area (Å²) in [5.74, 6) is 0.848. The average molecular weight is 413 g/mol. The third-order valence-electron chi connectivity index (χ3n) is 5.12. The minimum atomic E-state index is -1.11. The molecule has 1 aromatic carbocycles. The summed E-state index contributed by atoms with van der Waals surface area (Å²) in [6.45, 7) is 2.29. The topological polar surface area (TPSA) is 97.6 Å². The molecule has 4 atom stereocenters. The van der Waals surface area contributed by atoms with Gasteiger partial charge in [-0.25, -0.2) is 9.78 Å². The Labute approximate surface area is 173 Å². The smallest absolute Gasteiger partial charge is 0.145 e. The number of rotatable bonds is 15. The quantitative estimate of drug-likeness (QED) is 0.231. The number of hydrogen-bond acceptors (Lipinski definition) is 7. The summed E-state index contributed by atoms with van der Waals surface area (Å²) in [4.78, 5) is 10.3. The van der Waals surface area contributed by atoms with Gasteiger partial charge in [0.2, 0.25) is 0 Å². The van der Waals surface area contributed by atoms with Crippen molar-refractivity contribution in [1.82, 2.24) is 0 Å². The van der Waals surface area contributed by atoms with Crippen LogP contribution < -0.4 is 4.74 Å². The van der Waals surface area contributed by atoms with Gasteiger partial charge in [-0.15, -0.1) is 0 Å². The number of unbranched alkanes of at least 4 members (excludes halogenated alkanes) is 5.